The van der Waals surface area contributed by atoms with Crippen LogP contribution in [0.3, 0.4) is 0 Å². The molecule has 0 radical (unpaired) electrons. The van der Waals surface area contributed by atoms with Gasteiger partial charge in [0.2, 0.25) is 5.95 Å². The molecule has 122 valence electrons. The van der Waals surface area contributed by atoms with Crippen LogP contribution in [0, 0.1) is 6.92 Å². The highest BCUT2D eigenvalue weighted by molar-refractivity contribution is 6.30. The lowest BCUT2D eigenvalue weighted by Crippen LogP contribution is -2.18. The van der Waals surface area contributed by atoms with E-state index in [-0.39, 0.29) is 18.1 Å². The Hall–Kier alpha value is -2.34. The topological polar surface area (TPSA) is 87.3 Å². The van der Waals surface area contributed by atoms with Crippen molar-refractivity contribution in [2.24, 2.45) is 0 Å². The number of anilines is 1. The van der Waals surface area contributed by atoms with E-state index in [1.54, 1.807) is 45.0 Å². The molecule has 1 heterocycles. The lowest BCUT2D eigenvalue weighted by Gasteiger charge is -2.18. The first-order valence-electron chi connectivity index (χ1n) is 7.15. The fourth-order valence-corrected chi connectivity index (χ4v) is 2.27. The van der Waals surface area contributed by atoms with Crippen molar-refractivity contribution >= 4 is 23.5 Å². The fraction of sp³-hybridized carbons (Fsp3) is 0.312. The SMILES string of the molecule is CCOC(=O)c1c(C)nc(N)nc1C(C)Oc1ccc(Cl)cc1. The van der Waals surface area contributed by atoms with Gasteiger partial charge in [-0.25, -0.2) is 14.8 Å². The summed E-state index contributed by atoms with van der Waals surface area (Å²) in [5.74, 6) is 0.190. The van der Waals surface area contributed by atoms with E-state index in [9.17, 15) is 4.79 Å². The number of benzene rings is 1. The number of carbonyl (C=O) groups is 1. The van der Waals surface area contributed by atoms with Gasteiger partial charge in [-0.2, -0.15) is 0 Å². The molecule has 2 rings (SSSR count). The van der Waals surface area contributed by atoms with Crippen molar-refractivity contribution in [3.8, 4) is 5.75 Å². The van der Waals surface area contributed by atoms with Gasteiger partial charge in [-0.3, -0.25) is 0 Å². The summed E-state index contributed by atoms with van der Waals surface area (Å²) in [6.45, 7) is 5.45. The molecule has 1 aromatic carbocycles. The van der Waals surface area contributed by atoms with Crippen molar-refractivity contribution < 1.29 is 14.3 Å². The number of nitrogens with two attached hydrogens (primary N) is 1. The van der Waals surface area contributed by atoms with E-state index in [1.165, 1.54) is 0 Å². The molecule has 0 saturated carbocycles. The number of carbonyl (C=O) groups excluding carboxylic acids is 1. The van der Waals surface area contributed by atoms with E-state index in [2.05, 4.69) is 9.97 Å². The quantitative estimate of drug-likeness (QED) is 0.843. The van der Waals surface area contributed by atoms with E-state index in [4.69, 9.17) is 26.8 Å². The summed E-state index contributed by atoms with van der Waals surface area (Å²) < 4.78 is 10.9. The number of esters is 1. The lowest BCUT2D eigenvalue weighted by atomic mass is 10.1. The summed E-state index contributed by atoms with van der Waals surface area (Å²) >= 11 is 5.85. The maximum Gasteiger partial charge on any atom is 0.342 e. The number of halogens is 1. The lowest BCUT2D eigenvalue weighted by molar-refractivity contribution is 0.0518. The Morgan fingerprint density at radius 1 is 1.30 bits per heavy atom. The second-order valence-electron chi connectivity index (χ2n) is 4.86. The molecule has 0 bridgehead atoms. The highest BCUT2D eigenvalue weighted by Gasteiger charge is 2.24. The number of nitrogens with zero attached hydrogens (tertiary/aromatic N) is 2. The molecule has 0 amide bonds. The van der Waals surface area contributed by atoms with Gasteiger partial charge in [0.25, 0.3) is 0 Å². The maximum atomic E-state index is 12.2. The summed E-state index contributed by atoms with van der Waals surface area (Å²) in [5, 5.41) is 0.611. The van der Waals surface area contributed by atoms with Gasteiger partial charge in [-0.05, 0) is 45.0 Å². The van der Waals surface area contributed by atoms with Gasteiger partial charge in [0.05, 0.1) is 12.3 Å². The number of hydrogen-bond acceptors (Lipinski definition) is 6. The number of aromatic nitrogens is 2. The Labute approximate surface area is 139 Å². The predicted octanol–water partition coefficient (Wildman–Crippen LogP) is 3.34. The van der Waals surface area contributed by atoms with Gasteiger partial charge >= 0.3 is 5.97 Å². The molecule has 0 fully saturated rings. The van der Waals surface area contributed by atoms with Gasteiger partial charge in [0.1, 0.15) is 23.1 Å². The van der Waals surface area contributed by atoms with Gasteiger partial charge < -0.3 is 15.2 Å². The Kier molecular flexibility index (Phi) is 5.39. The van der Waals surface area contributed by atoms with Gasteiger partial charge in [-0.1, -0.05) is 11.6 Å². The van der Waals surface area contributed by atoms with E-state index in [0.717, 1.165) is 0 Å². The third-order valence-corrected chi connectivity index (χ3v) is 3.38. The van der Waals surface area contributed by atoms with Crippen molar-refractivity contribution in [1.82, 2.24) is 9.97 Å². The van der Waals surface area contributed by atoms with Crippen LogP contribution in [-0.2, 0) is 4.74 Å². The van der Waals surface area contributed by atoms with Crippen LogP contribution in [0.5, 0.6) is 5.75 Å². The van der Waals surface area contributed by atoms with Crippen LogP contribution in [0.1, 0.15) is 41.7 Å². The Bertz CT molecular complexity index is 704. The molecule has 23 heavy (non-hydrogen) atoms. The standard InChI is InChI=1S/C16H18ClN3O3/c1-4-22-15(21)13-9(2)19-16(18)20-14(13)10(3)23-12-7-5-11(17)6-8-12/h5-8,10H,4H2,1-3H3,(H2,18,19,20). The maximum absolute atomic E-state index is 12.2. The third-order valence-electron chi connectivity index (χ3n) is 3.13. The molecule has 0 spiro atoms. The first-order valence-corrected chi connectivity index (χ1v) is 7.53. The smallest absolute Gasteiger partial charge is 0.342 e. The molecular formula is C16H18ClN3O3. The van der Waals surface area contributed by atoms with Crippen molar-refractivity contribution in [2.75, 3.05) is 12.3 Å². The van der Waals surface area contributed by atoms with Crippen molar-refractivity contribution in [3.05, 3.63) is 46.2 Å². The summed E-state index contributed by atoms with van der Waals surface area (Å²) in [7, 11) is 0. The Morgan fingerprint density at radius 3 is 2.57 bits per heavy atom. The molecule has 1 aromatic heterocycles. The zero-order chi connectivity index (χ0) is 17.0. The Balaban J connectivity index is 2.36. The van der Waals surface area contributed by atoms with E-state index in [1.807, 2.05) is 0 Å². The first-order chi connectivity index (χ1) is 10.9. The largest absolute Gasteiger partial charge is 0.484 e. The summed E-state index contributed by atoms with van der Waals surface area (Å²) in [5.41, 5.74) is 6.83. The summed E-state index contributed by atoms with van der Waals surface area (Å²) in [6, 6.07) is 6.91. The van der Waals surface area contributed by atoms with Gasteiger partial charge in [0, 0.05) is 5.02 Å². The second-order valence-corrected chi connectivity index (χ2v) is 5.30. The number of aryl methyl sites for hydroxylation is 1. The summed E-state index contributed by atoms with van der Waals surface area (Å²) in [6.07, 6.45) is -0.514. The number of nitrogen functional groups attached to an aromatic ring is 1. The molecular weight excluding hydrogens is 318 g/mol. The van der Waals surface area contributed by atoms with Crippen LogP contribution in [0.2, 0.25) is 5.02 Å². The monoisotopic (exact) mass is 335 g/mol. The van der Waals surface area contributed by atoms with Crippen LogP contribution >= 0.6 is 11.6 Å². The molecule has 0 aliphatic carbocycles. The minimum atomic E-state index is -0.514. The molecule has 7 heteroatoms. The van der Waals surface area contributed by atoms with E-state index >= 15 is 0 Å². The number of ether oxygens (including phenoxy) is 2. The molecule has 0 saturated heterocycles. The van der Waals surface area contributed by atoms with Crippen molar-refractivity contribution in [1.29, 1.82) is 0 Å². The zero-order valence-corrected chi connectivity index (χ0v) is 13.9. The zero-order valence-electron chi connectivity index (χ0n) is 13.2. The van der Waals surface area contributed by atoms with Crippen LogP contribution in [0.25, 0.3) is 0 Å². The molecule has 6 nitrogen and oxygen atoms in total. The molecule has 1 atom stereocenters. The Morgan fingerprint density at radius 2 is 1.96 bits per heavy atom. The first kappa shape index (κ1) is 17.0. The molecule has 2 N–H and O–H groups in total. The molecule has 0 aliphatic heterocycles. The molecule has 1 unspecified atom stereocenters. The minimum Gasteiger partial charge on any atom is -0.484 e. The van der Waals surface area contributed by atoms with Crippen LogP contribution in [0.15, 0.2) is 24.3 Å². The number of hydrogen-bond donors (Lipinski definition) is 1. The highest BCUT2D eigenvalue weighted by atomic mass is 35.5. The van der Waals surface area contributed by atoms with Crippen molar-refractivity contribution in [2.45, 2.75) is 26.9 Å². The number of rotatable bonds is 5. The minimum absolute atomic E-state index is 0.0807. The second kappa shape index (κ2) is 7.28. The molecule has 2 aromatic rings. The highest BCUT2D eigenvalue weighted by Crippen LogP contribution is 2.26. The van der Waals surface area contributed by atoms with Crippen LogP contribution in [-0.4, -0.2) is 22.5 Å². The third kappa shape index (κ3) is 4.10. The fourth-order valence-electron chi connectivity index (χ4n) is 2.14. The van der Waals surface area contributed by atoms with E-state index < -0.39 is 12.1 Å². The van der Waals surface area contributed by atoms with E-state index in [0.29, 0.717) is 22.2 Å². The van der Waals surface area contributed by atoms with Gasteiger partial charge in [-0.15, -0.1) is 0 Å². The van der Waals surface area contributed by atoms with Gasteiger partial charge in [0.15, 0.2) is 0 Å². The van der Waals surface area contributed by atoms with Crippen LogP contribution < -0.4 is 10.5 Å². The summed E-state index contributed by atoms with van der Waals surface area (Å²) in [4.78, 5) is 20.4. The predicted molar refractivity (Wildman–Crippen MR) is 87.6 cm³/mol. The average molecular weight is 336 g/mol. The average Bonchev–Trinajstić information content (AvgIpc) is 2.48. The van der Waals surface area contributed by atoms with Crippen LogP contribution in [0.4, 0.5) is 5.95 Å². The van der Waals surface area contributed by atoms with Crippen molar-refractivity contribution in [3.63, 3.8) is 0 Å². The molecule has 0 aliphatic rings. The normalized spacial score (nSPS) is 11.8.